The molecule has 11 heavy (non-hydrogen) atoms. The van der Waals surface area contributed by atoms with Gasteiger partial charge in [-0.25, -0.2) is 4.39 Å². The highest BCUT2D eigenvalue weighted by atomic mass is 79.9. The Labute approximate surface area is 70.8 Å². The smallest absolute Gasteiger partial charge is 0.214 e. The van der Waals surface area contributed by atoms with E-state index in [1.54, 1.807) is 0 Å². The van der Waals surface area contributed by atoms with E-state index < -0.39 is 11.6 Å². The maximum absolute atomic E-state index is 12.4. The minimum atomic E-state index is -0.859. The van der Waals surface area contributed by atoms with Crippen molar-refractivity contribution in [3.8, 4) is 5.75 Å². The molecule has 0 atom stereocenters. The van der Waals surface area contributed by atoms with Crippen LogP contribution < -0.4 is 0 Å². The molecule has 57 valence electrons. The molecule has 0 unspecified atom stereocenters. The first-order valence-electron chi connectivity index (χ1n) is 2.76. The number of rotatable bonds is 1. The van der Waals surface area contributed by atoms with Crippen LogP contribution in [0.5, 0.6) is 5.75 Å². The monoisotopic (exact) mass is 217 g/mol. The molecule has 0 bridgehead atoms. The van der Waals surface area contributed by atoms with Gasteiger partial charge in [0.1, 0.15) is 0 Å². The standard InChI is InChI=1S/C7H3BrFO2/c8-5-2-6(9)7(11)1-4(5)3-10/h1-3H. The van der Waals surface area contributed by atoms with Gasteiger partial charge in [-0.3, -0.25) is 9.90 Å². The predicted molar refractivity (Wildman–Crippen MR) is 39.6 cm³/mol. The molecule has 1 radical (unpaired) electrons. The second kappa shape index (κ2) is 3.00. The summed E-state index contributed by atoms with van der Waals surface area (Å²) < 4.78 is 12.7. The number of carbonyl (C=O) groups excluding carboxylic acids is 1. The van der Waals surface area contributed by atoms with Gasteiger partial charge in [-0.1, -0.05) is 0 Å². The summed E-state index contributed by atoms with van der Waals surface area (Å²) in [5, 5.41) is 10.6. The van der Waals surface area contributed by atoms with Crippen molar-refractivity contribution in [3.05, 3.63) is 28.0 Å². The normalized spacial score (nSPS) is 9.64. The van der Waals surface area contributed by atoms with Gasteiger partial charge in [-0.2, -0.15) is 0 Å². The Morgan fingerprint density at radius 3 is 2.64 bits per heavy atom. The minimum Gasteiger partial charge on any atom is -0.298 e. The van der Waals surface area contributed by atoms with Crippen LogP contribution in [0.4, 0.5) is 4.39 Å². The maximum atomic E-state index is 12.4. The van der Waals surface area contributed by atoms with E-state index in [0.29, 0.717) is 10.8 Å². The molecule has 0 aliphatic heterocycles. The molecule has 0 N–H and O–H groups in total. The van der Waals surface area contributed by atoms with Gasteiger partial charge in [-0.15, -0.1) is 0 Å². The Morgan fingerprint density at radius 2 is 2.09 bits per heavy atom. The molecule has 2 nitrogen and oxygen atoms in total. The zero-order chi connectivity index (χ0) is 8.43. The lowest BCUT2D eigenvalue weighted by Gasteiger charge is -1.95. The molecule has 0 aromatic heterocycles. The highest BCUT2D eigenvalue weighted by Gasteiger charge is 2.07. The summed E-state index contributed by atoms with van der Waals surface area (Å²) in [6, 6.07) is 1.93. The predicted octanol–water partition coefficient (Wildman–Crippen LogP) is 2.54. The molecule has 1 aromatic rings. The van der Waals surface area contributed by atoms with Crippen LogP contribution in [0.2, 0.25) is 0 Å². The Bertz CT molecular complexity index is 299. The summed E-state index contributed by atoms with van der Waals surface area (Å²) in [6.07, 6.45) is 0.491. The minimum absolute atomic E-state index is 0.163. The number of aldehydes is 1. The fourth-order valence-corrected chi connectivity index (χ4v) is 1.04. The van der Waals surface area contributed by atoms with E-state index in [1.807, 2.05) is 0 Å². The Balaban J connectivity index is 3.31. The topological polar surface area (TPSA) is 37.0 Å². The summed E-state index contributed by atoms with van der Waals surface area (Å²) in [7, 11) is 0. The average Bonchev–Trinajstić information content (AvgIpc) is 1.97. The molecule has 0 aliphatic rings. The zero-order valence-electron chi connectivity index (χ0n) is 5.30. The quantitative estimate of drug-likeness (QED) is 0.667. The highest BCUT2D eigenvalue weighted by molar-refractivity contribution is 9.10. The van der Waals surface area contributed by atoms with Gasteiger partial charge < -0.3 is 0 Å². The molecule has 0 saturated heterocycles. The van der Waals surface area contributed by atoms with E-state index in [-0.39, 0.29) is 5.56 Å². The molecule has 1 rings (SSSR count). The first-order valence-corrected chi connectivity index (χ1v) is 3.55. The van der Waals surface area contributed by atoms with E-state index in [4.69, 9.17) is 0 Å². The van der Waals surface area contributed by atoms with E-state index >= 15 is 0 Å². The Kier molecular flexibility index (Phi) is 2.24. The fourth-order valence-electron chi connectivity index (χ4n) is 0.635. The first-order chi connectivity index (χ1) is 5.15. The van der Waals surface area contributed by atoms with Crippen LogP contribution in [-0.2, 0) is 5.11 Å². The van der Waals surface area contributed by atoms with E-state index in [1.165, 1.54) is 0 Å². The largest absolute Gasteiger partial charge is 0.298 e. The molecule has 1 aromatic carbocycles. The van der Waals surface area contributed by atoms with Gasteiger partial charge in [0.05, 0.1) is 0 Å². The summed E-state index contributed by atoms with van der Waals surface area (Å²) in [6.45, 7) is 0. The molecule has 0 spiro atoms. The molecule has 0 amide bonds. The average molecular weight is 218 g/mol. The van der Waals surface area contributed by atoms with Crippen molar-refractivity contribution in [1.82, 2.24) is 0 Å². The molecule has 0 saturated carbocycles. The highest BCUT2D eigenvalue weighted by Crippen LogP contribution is 2.24. The van der Waals surface area contributed by atoms with Gasteiger partial charge in [0.25, 0.3) is 0 Å². The lowest BCUT2D eigenvalue weighted by Crippen LogP contribution is -1.84. The Hall–Kier alpha value is -0.900. The number of carbonyl (C=O) groups is 1. The van der Waals surface area contributed by atoms with Gasteiger partial charge >= 0.3 is 0 Å². The SMILES string of the molecule is [O]c1cc(C=O)c(Br)cc1F. The van der Waals surface area contributed by atoms with Crippen molar-refractivity contribution in [2.45, 2.75) is 0 Å². The summed E-state index contributed by atoms with van der Waals surface area (Å²) in [5.41, 5.74) is 0.163. The van der Waals surface area contributed by atoms with E-state index in [0.717, 1.165) is 12.1 Å². The first kappa shape index (κ1) is 8.20. The summed E-state index contributed by atoms with van der Waals surface area (Å²) in [4.78, 5) is 10.2. The van der Waals surface area contributed by atoms with Crippen molar-refractivity contribution in [1.29, 1.82) is 0 Å². The van der Waals surface area contributed by atoms with Crippen LogP contribution >= 0.6 is 15.9 Å². The zero-order valence-corrected chi connectivity index (χ0v) is 6.89. The van der Waals surface area contributed by atoms with Crippen molar-refractivity contribution in [3.63, 3.8) is 0 Å². The third-order valence-electron chi connectivity index (χ3n) is 1.18. The van der Waals surface area contributed by atoms with E-state index in [2.05, 4.69) is 15.9 Å². The van der Waals surface area contributed by atoms with Crippen LogP contribution in [0, 0.1) is 5.82 Å². The second-order valence-electron chi connectivity index (χ2n) is 1.92. The second-order valence-corrected chi connectivity index (χ2v) is 2.78. The number of halogens is 2. The van der Waals surface area contributed by atoms with Crippen LogP contribution in [0.25, 0.3) is 0 Å². The number of hydrogen-bond donors (Lipinski definition) is 0. The van der Waals surface area contributed by atoms with Crippen LogP contribution in [-0.4, -0.2) is 6.29 Å². The van der Waals surface area contributed by atoms with Crippen molar-refractivity contribution < 1.29 is 14.3 Å². The maximum Gasteiger partial charge on any atom is 0.214 e. The Morgan fingerprint density at radius 1 is 1.45 bits per heavy atom. The lowest BCUT2D eigenvalue weighted by atomic mass is 10.2. The fraction of sp³-hybridized carbons (Fsp3) is 0. The number of benzene rings is 1. The third-order valence-corrected chi connectivity index (χ3v) is 1.86. The van der Waals surface area contributed by atoms with Gasteiger partial charge in [0.2, 0.25) is 5.75 Å². The molecular weight excluding hydrogens is 215 g/mol. The summed E-state index contributed by atoms with van der Waals surface area (Å²) >= 11 is 2.93. The summed E-state index contributed by atoms with van der Waals surface area (Å²) in [5.74, 6) is -1.63. The number of hydrogen-bond acceptors (Lipinski definition) is 1. The van der Waals surface area contributed by atoms with Crippen molar-refractivity contribution in [2.75, 3.05) is 0 Å². The van der Waals surface area contributed by atoms with E-state index in [9.17, 15) is 14.3 Å². The molecular formula is C7H3BrFO2. The lowest BCUT2D eigenvalue weighted by molar-refractivity contribution is 0.112. The van der Waals surface area contributed by atoms with Gasteiger partial charge in [-0.05, 0) is 22.0 Å². The van der Waals surface area contributed by atoms with Gasteiger partial charge in [0, 0.05) is 16.1 Å². The molecule has 0 heterocycles. The van der Waals surface area contributed by atoms with Crippen molar-refractivity contribution >= 4 is 22.2 Å². The van der Waals surface area contributed by atoms with Crippen LogP contribution in [0.15, 0.2) is 16.6 Å². The van der Waals surface area contributed by atoms with Gasteiger partial charge in [0.15, 0.2) is 12.1 Å². The molecule has 4 heteroatoms. The third kappa shape index (κ3) is 1.57. The van der Waals surface area contributed by atoms with Crippen molar-refractivity contribution in [2.24, 2.45) is 0 Å². The van der Waals surface area contributed by atoms with Crippen LogP contribution in [0.1, 0.15) is 10.4 Å². The molecule has 0 fully saturated rings. The van der Waals surface area contributed by atoms with Crippen LogP contribution in [0.3, 0.4) is 0 Å². The molecule has 0 aliphatic carbocycles.